The van der Waals surface area contributed by atoms with Gasteiger partial charge >= 0.3 is 6.03 Å². The molecule has 4 heteroatoms. The molecule has 2 amide bonds. The molecule has 0 heterocycles. The van der Waals surface area contributed by atoms with Crippen molar-refractivity contribution in [2.45, 2.75) is 83.1 Å². The average Bonchev–Trinajstić information content (AvgIpc) is 2.57. The Morgan fingerprint density at radius 1 is 0.960 bits per heavy atom. The van der Waals surface area contributed by atoms with E-state index in [0.29, 0.717) is 12.6 Å². The first-order valence-corrected chi connectivity index (χ1v) is 10.8. The predicted molar refractivity (Wildman–Crippen MR) is 109 cm³/mol. The van der Waals surface area contributed by atoms with Gasteiger partial charge in [-0.15, -0.1) is 0 Å². The summed E-state index contributed by atoms with van der Waals surface area (Å²) in [5.41, 5.74) is 1.24. The first kappa shape index (κ1) is 20.3. The second-order valence-electron chi connectivity index (χ2n) is 7.24. The molecule has 0 bridgehead atoms. The molecular formula is C21H33BrN2O. The average molecular weight is 409 g/mol. The van der Waals surface area contributed by atoms with Crippen molar-refractivity contribution in [2.24, 2.45) is 0 Å². The number of carbonyl (C=O) groups excluding carboxylic acids is 1. The summed E-state index contributed by atoms with van der Waals surface area (Å²) in [4.78, 5) is 12.2. The number of carbonyl (C=O) groups is 1. The third kappa shape index (κ3) is 9.29. The Hall–Kier alpha value is -1.03. The number of amides is 2. The van der Waals surface area contributed by atoms with Gasteiger partial charge in [0.15, 0.2) is 0 Å². The SMILES string of the molecule is O=C(NCCc1cccc(Br)c1)NC1CCCCCCCCCCC1. The fourth-order valence-corrected chi connectivity index (χ4v) is 4.00. The Morgan fingerprint density at radius 2 is 1.56 bits per heavy atom. The summed E-state index contributed by atoms with van der Waals surface area (Å²) in [6.45, 7) is 0.676. The third-order valence-electron chi connectivity index (χ3n) is 5.03. The molecule has 2 N–H and O–H groups in total. The first-order chi connectivity index (χ1) is 12.2. The van der Waals surface area contributed by atoms with Crippen molar-refractivity contribution in [3.05, 3.63) is 34.3 Å². The van der Waals surface area contributed by atoms with Gasteiger partial charge in [-0.1, -0.05) is 85.9 Å². The quantitative estimate of drug-likeness (QED) is 0.633. The Kier molecular flexibility index (Phi) is 10.0. The maximum atomic E-state index is 12.2. The highest BCUT2D eigenvalue weighted by molar-refractivity contribution is 9.10. The van der Waals surface area contributed by atoms with Crippen molar-refractivity contribution in [1.82, 2.24) is 10.6 Å². The molecule has 1 saturated carbocycles. The zero-order valence-corrected chi connectivity index (χ0v) is 17.0. The molecule has 0 spiro atoms. The summed E-state index contributed by atoms with van der Waals surface area (Å²) in [6.07, 6.45) is 15.1. The molecule has 1 fully saturated rings. The molecule has 0 unspecified atom stereocenters. The summed E-state index contributed by atoms with van der Waals surface area (Å²) in [6, 6.07) is 8.58. The van der Waals surface area contributed by atoms with E-state index in [9.17, 15) is 4.79 Å². The third-order valence-corrected chi connectivity index (χ3v) is 5.52. The van der Waals surface area contributed by atoms with E-state index >= 15 is 0 Å². The summed E-state index contributed by atoms with van der Waals surface area (Å²) in [5, 5.41) is 6.23. The van der Waals surface area contributed by atoms with Crippen molar-refractivity contribution in [3.8, 4) is 0 Å². The molecule has 1 aromatic rings. The molecule has 0 atom stereocenters. The van der Waals surface area contributed by atoms with E-state index in [1.54, 1.807) is 0 Å². The van der Waals surface area contributed by atoms with Crippen molar-refractivity contribution in [3.63, 3.8) is 0 Å². The fourth-order valence-electron chi connectivity index (χ4n) is 3.56. The minimum atomic E-state index is -0.00732. The van der Waals surface area contributed by atoms with Gasteiger partial charge < -0.3 is 10.6 Å². The molecular weight excluding hydrogens is 376 g/mol. The lowest BCUT2D eigenvalue weighted by molar-refractivity contribution is 0.234. The second kappa shape index (κ2) is 12.3. The van der Waals surface area contributed by atoms with Crippen LogP contribution < -0.4 is 10.6 Å². The lowest BCUT2D eigenvalue weighted by Gasteiger charge is -2.20. The Morgan fingerprint density at radius 3 is 2.16 bits per heavy atom. The maximum absolute atomic E-state index is 12.2. The smallest absolute Gasteiger partial charge is 0.315 e. The molecule has 1 aliphatic carbocycles. The van der Waals surface area contributed by atoms with Crippen molar-refractivity contribution in [2.75, 3.05) is 6.54 Å². The molecule has 2 rings (SSSR count). The summed E-state index contributed by atoms with van der Waals surface area (Å²) in [5.74, 6) is 0. The number of urea groups is 1. The molecule has 0 aliphatic heterocycles. The minimum Gasteiger partial charge on any atom is -0.338 e. The van der Waals surface area contributed by atoms with Gasteiger partial charge in [-0.2, -0.15) is 0 Å². The van der Waals surface area contributed by atoms with Crippen LogP contribution >= 0.6 is 15.9 Å². The number of benzene rings is 1. The molecule has 0 aromatic heterocycles. The summed E-state index contributed by atoms with van der Waals surface area (Å²) in [7, 11) is 0. The molecule has 3 nitrogen and oxygen atoms in total. The van der Waals surface area contributed by atoms with Crippen LogP contribution in [0.15, 0.2) is 28.7 Å². The Bertz CT molecular complexity index is 494. The predicted octanol–water partition coefficient (Wildman–Crippen LogP) is 5.96. The van der Waals surface area contributed by atoms with E-state index in [-0.39, 0.29) is 6.03 Å². The van der Waals surface area contributed by atoms with E-state index < -0.39 is 0 Å². The van der Waals surface area contributed by atoms with E-state index in [4.69, 9.17) is 0 Å². The number of hydrogen-bond acceptors (Lipinski definition) is 1. The Labute approximate surface area is 161 Å². The maximum Gasteiger partial charge on any atom is 0.315 e. The monoisotopic (exact) mass is 408 g/mol. The van der Waals surface area contributed by atoms with E-state index in [2.05, 4.69) is 38.7 Å². The number of halogens is 1. The lowest BCUT2D eigenvalue weighted by atomic mass is 9.98. The van der Waals surface area contributed by atoms with Gasteiger partial charge in [0.05, 0.1) is 0 Å². The van der Waals surface area contributed by atoms with Crippen LogP contribution in [0.3, 0.4) is 0 Å². The van der Waals surface area contributed by atoms with Gasteiger partial charge in [-0.3, -0.25) is 0 Å². The largest absolute Gasteiger partial charge is 0.338 e. The van der Waals surface area contributed by atoms with Crippen LogP contribution in [0.1, 0.15) is 76.2 Å². The van der Waals surface area contributed by atoms with Gasteiger partial charge in [0.25, 0.3) is 0 Å². The first-order valence-electron chi connectivity index (χ1n) is 10.0. The van der Waals surface area contributed by atoms with Crippen LogP contribution in [0.2, 0.25) is 0 Å². The van der Waals surface area contributed by atoms with Gasteiger partial charge in [0.1, 0.15) is 0 Å². The second-order valence-corrected chi connectivity index (χ2v) is 8.15. The summed E-state index contributed by atoms with van der Waals surface area (Å²) < 4.78 is 1.09. The molecule has 1 aromatic carbocycles. The van der Waals surface area contributed by atoms with E-state index in [1.807, 2.05) is 12.1 Å². The van der Waals surface area contributed by atoms with Gasteiger partial charge in [-0.05, 0) is 37.0 Å². The minimum absolute atomic E-state index is 0.00732. The molecule has 0 radical (unpaired) electrons. The highest BCUT2D eigenvalue weighted by atomic mass is 79.9. The fraction of sp³-hybridized carbons (Fsp3) is 0.667. The zero-order valence-electron chi connectivity index (χ0n) is 15.4. The van der Waals surface area contributed by atoms with Gasteiger partial charge in [0, 0.05) is 17.1 Å². The highest BCUT2D eigenvalue weighted by Crippen LogP contribution is 2.17. The molecule has 1 aliphatic rings. The van der Waals surface area contributed by atoms with Crippen LogP contribution in [-0.2, 0) is 6.42 Å². The van der Waals surface area contributed by atoms with Crippen molar-refractivity contribution in [1.29, 1.82) is 0 Å². The number of hydrogen-bond donors (Lipinski definition) is 2. The van der Waals surface area contributed by atoms with Crippen LogP contribution in [0.25, 0.3) is 0 Å². The topological polar surface area (TPSA) is 41.1 Å². The standard InChI is InChI=1S/C21H33BrN2O/c22-19-12-10-11-18(17-19)15-16-23-21(25)24-20-13-8-6-4-2-1-3-5-7-9-14-20/h10-12,17,20H,1-9,13-16H2,(H2,23,24,25). The van der Waals surface area contributed by atoms with Crippen LogP contribution in [0, 0.1) is 0 Å². The van der Waals surface area contributed by atoms with Crippen molar-refractivity contribution >= 4 is 22.0 Å². The normalized spacial score (nSPS) is 18.0. The van der Waals surface area contributed by atoms with Gasteiger partial charge in [-0.25, -0.2) is 4.79 Å². The van der Waals surface area contributed by atoms with Crippen molar-refractivity contribution < 1.29 is 4.79 Å². The van der Waals surface area contributed by atoms with E-state index in [0.717, 1.165) is 23.7 Å². The van der Waals surface area contributed by atoms with Crippen LogP contribution in [0.4, 0.5) is 4.79 Å². The Balaban J connectivity index is 1.68. The number of rotatable bonds is 4. The lowest BCUT2D eigenvalue weighted by Crippen LogP contribution is -2.42. The zero-order chi connectivity index (χ0) is 17.7. The van der Waals surface area contributed by atoms with E-state index in [1.165, 1.54) is 63.4 Å². The number of nitrogens with one attached hydrogen (secondary N) is 2. The van der Waals surface area contributed by atoms with Gasteiger partial charge in [0.2, 0.25) is 0 Å². The molecule has 140 valence electrons. The van der Waals surface area contributed by atoms with Crippen LogP contribution in [-0.4, -0.2) is 18.6 Å². The molecule has 25 heavy (non-hydrogen) atoms. The summed E-state index contributed by atoms with van der Waals surface area (Å²) >= 11 is 3.49. The van der Waals surface area contributed by atoms with Crippen LogP contribution in [0.5, 0.6) is 0 Å². The molecule has 0 saturated heterocycles. The highest BCUT2D eigenvalue weighted by Gasteiger charge is 2.12.